The van der Waals surface area contributed by atoms with Gasteiger partial charge in [0.1, 0.15) is 6.04 Å². The number of amides is 1. The maximum Gasteiger partial charge on any atom is 0.326 e. The van der Waals surface area contributed by atoms with Crippen molar-refractivity contribution >= 4 is 23.6 Å². The summed E-state index contributed by atoms with van der Waals surface area (Å²) in [6.45, 7) is 2.56. The second-order valence-electron chi connectivity index (χ2n) is 4.64. The average molecular weight is 279 g/mol. The van der Waals surface area contributed by atoms with Crippen LogP contribution in [0.4, 0.5) is 0 Å². The number of hydrogen-bond acceptors (Lipinski definition) is 3. The van der Waals surface area contributed by atoms with Gasteiger partial charge in [0, 0.05) is 11.4 Å². The summed E-state index contributed by atoms with van der Waals surface area (Å²) in [6, 6.07) is 7.25. The van der Waals surface area contributed by atoms with Gasteiger partial charge in [0.15, 0.2) is 0 Å². The summed E-state index contributed by atoms with van der Waals surface area (Å²) < 4.78 is 0. The number of carboxylic acid groups (broad SMARTS) is 1. The van der Waals surface area contributed by atoms with Crippen LogP contribution in [0.25, 0.3) is 0 Å². The lowest BCUT2D eigenvalue weighted by Crippen LogP contribution is -2.41. The highest BCUT2D eigenvalue weighted by molar-refractivity contribution is 8.00. The first kappa shape index (κ1) is 13.9. The molecule has 1 saturated heterocycles. The molecule has 0 spiro atoms. The number of benzene rings is 1. The third kappa shape index (κ3) is 3.29. The smallest absolute Gasteiger partial charge is 0.326 e. The Morgan fingerprint density at radius 3 is 2.84 bits per heavy atom. The number of likely N-dealkylation sites (tertiary alicyclic amines) is 1. The van der Waals surface area contributed by atoms with Gasteiger partial charge < -0.3 is 10.0 Å². The van der Waals surface area contributed by atoms with Crippen LogP contribution in [0, 0.1) is 6.92 Å². The Balaban J connectivity index is 1.95. The molecule has 0 saturated carbocycles. The van der Waals surface area contributed by atoms with E-state index in [2.05, 4.69) is 0 Å². The van der Waals surface area contributed by atoms with Crippen LogP contribution in [0.1, 0.15) is 18.4 Å². The first-order chi connectivity index (χ1) is 9.09. The Labute approximate surface area is 116 Å². The SMILES string of the molecule is Cc1ccccc1SCC(=O)N1CCC[C@H]1C(=O)O. The second-order valence-corrected chi connectivity index (χ2v) is 5.65. The third-order valence-corrected chi connectivity index (χ3v) is 4.46. The molecule has 2 rings (SSSR count). The number of rotatable bonds is 4. The Morgan fingerprint density at radius 1 is 1.42 bits per heavy atom. The van der Waals surface area contributed by atoms with Crippen LogP contribution in [0.15, 0.2) is 29.2 Å². The number of aryl methyl sites for hydroxylation is 1. The number of hydrogen-bond donors (Lipinski definition) is 1. The average Bonchev–Trinajstić information content (AvgIpc) is 2.87. The summed E-state index contributed by atoms with van der Waals surface area (Å²) in [5.41, 5.74) is 1.14. The van der Waals surface area contributed by atoms with Gasteiger partial charge in [-0.1, -0.05) is 18.2 Å². The van der Waals surface area contributed by atoms with Crippen molar-refractivity contribution in [3.63, 3.8) is 0 Å². The lowest BCUT2D eigenvalue weighted by atomic mass is 10.2. The van der Waals surface area contributed by atoms with E-state index in [9.17, 15) is 9.59 Å². The number of nitrogens with zero attached hydrogens (tertiary/aromatic N) is 1. The van der Waals surface area contributed by atoms with E-state index < -0.39 is 12.0 Å². The van der Waals surface area contributed by atoms with Crippen molar-refractivity contribution in [2.45, 2.75) is 30.7 Å². The first-order valence-corrected chi connectivity index (χ1v) is 7.29. The van der Waals surface area contributed by atoms with E-state index in [1.807, 2.05) is 31.2 Å². The van der Waals surface area contributed by atoms with Crippen LogP contribution in [0.2, 0.25) is 0 Å². The first-order valence-electron chi connectivity index (χ1n) is 6.30. The normalized spacial score (nSPS) is 18.6. The molecule has 1 amide bonds. The summed E-state index contributed by atoms with van der Waals surface area (Å²) in [6.07, 6.45) is 1.34. The molecule has 0 bridgehead atoms. The fraction of sp³-hybridized carbons (Fsp3) is 0.429. The van der Waals surface area contributed by atoms with Crippen LogP contribution in [0.5, 0.6) is 0 Å². The lowest BCUT2D eigenvalue weighted by molar-refractivity contribution is -0.147. The van der Waals surface area contributed by atoms with Gasteiger partial charge >= 0.3 is 5.97 Å². The fourth-order valence-corrected chi connectivity index (χ4v) is 3.18. The van der Waals surface area contributed by atoms with Gasteiger partial charge in [-0.15, -0.1) is 11.8 Å². The zero-order valence-electron chi connectivity index (χ0n) is 10.8. The minimum Gasteiger partial charge on any atom is -0.480 e. The largest absolute Gasteiger partial charge is 0.480 e. The molecule has 0 unspecified atom stereocenters. The number of aliphatic carboxylic acids is 1. The summed E-state index contributed by atoms with van der Waals surface area (Å²) in [5, 5.41) is 9.06. The molecule has 1 atom stereocenters. The van der Waals surface area contributed by atoms with Crippen molar-refractivity contribution in [3.8, 4) is 0 Å². The molecule has 1 heterocycles. The number of carboxylic acids is 1. The molecule has 1 aromatic rings. The summed E-state index contributed by atoms with van der Waals surface area (Å²) in [7, 11) is 0. The van der Waals surface area contributed by atoms with Gasteiger partial charge in [0.2, 0.25) is 5.91 Å². The topological polar surface area (TPSA) is 57.6 Å². The zero-order chi connectivity index (χ0) is 13.8. The quantitative estimate of drug-likeness (QED) is 0.858. The van der Waals surface area contributed by atoms with Gasteiger partial charge in [-0.3, -0.25) is 4.79 Å². The van der Waals surface area contributed by atoms with Crippen molar-refractivity contribution in [1.82, 2.24) is 4.90 Å². The molecule has 0 aromatic heterocycles. The fourth-order valence-electron chi connectivity index (χ4n) is 2.26. The molecule has 4 nitrogen and oxygen atoms in total. The Morgan fingerprint density at radius 2 is 2.16 bits per heavy atom. The number of carbonyl (C=O) groups is 2. The highest BCUT2D eigenvalue weighted by Crippen LogP contribution is 2.24. The molecule has 1 fully saturated rings. The van der Waals surface area contributed by atoms with E-state index in [-0.39, 0.29) is 5.91 Å². The Kier molecular flexibility index (Phi) is 4.47. The number of thioether (sulfide) groups is 1. The molecule has 1 aliphatic heterocycles. The summed E-state index contributed by atoms with van der Waals surface area (Å²) in [5.74, 6) is -0.681. The van der Waals surface area contributed by atoms with Crippen molar-refractivity contribution in [2.24, 2.45) is 0 Å². The monoisotopic (exact) mass is 279 g/mol. The zero-order valence-corrected chi connectivity index (χ0v) is 11.7. The van der Waals surface area contributed by atoms with E-state index >= 15 is 0 Å². The molecule has 1 aliphatic rings. The van der Waals surface area contributed by atoms with E-state index in [0.717, 1.165) is 16.9 Å². The number of carbonyl (C=O) groups excluding carboxylic acids is 1. The predicted octanol–water partition coefficient (Wildman–Crippen LogP) is 2.16. The predicted molar refractivity (Wildman–Crippen MR) is 74.3 cm³/mol. The maximum absolute atomic E-state index is 12.1. The van der Waals surface area contributed by atoms with E-state index in [0.29, 0.717) is 18.7 Å². The molecule has 5 heteroatoms. The molecule has 0 radical (unpaired) electrons. The summed E-state index contributed by atoms with van der Waals surface area (Å²) in [4.78, 5) is 25.7. The molecule has 102 valence electrons. The van der Waals surface area contributed by atoms with Gasteiger partial charge in [0.05, 0.1) is 5.75 Å². The molecule has 1 aromatic carbocycles. The molecule has 19 heavy (non-hydrogen) atoms. The van der Waals surface area contributed by atoms with Crippen molar-refractivity contribution in [2.75, 3.05) is 12.3 Å². The minimum atomic E-state index is -0.897. The molecular formula is C14H17NO3S. The lowest BCUT2D eigenvalue weighted by Gasteiger charge is -2.21. The van der Waals surface area contributed by atoms with Crippen LogP contribution >= 0.6 is 11.8 Å². The van der Waals surface area contributed by atoms with Crippen LogP contribution in [-0.4, -0.2) is 40.2 Å². The van der Waals surface area contributed by atoms with Crippen LogP contribution in [-0.2, 0) is 9.59 Å². The molecular weight excluding hydrogens is 262 g/mol. The van der Waals surface area contributed by atoms with Crippen molar-refractivity contribution < 1.29 is 14.7 Å². The minimum absolute atomic E-state index is 0.0850. The Bertz CT molecular complexity index is 489. The van der Waals surface area contributed by atoms with Crippen LogP contribution in [0.3, 0.4) is 0 Å². The molecule has 0 aliphatic carbocycles. The Hall–Kier alpha value is -1.49. The van der Waals surface area contributed by atoms with Gasteiger partial charge in [-0.05, 0) is 31.4 Å². The maximum atomic E-state index is 12.1. The highest BCUT2D eigenvalue weighted by atomic mass is 32.2. The van der Waals surface area contributed by atoms with E-state index in [1.165, 1.54) is 16.7 Å². The summed E-state index contributed by atoms with van der Waals surface area (Å²) >= 11 is 1.47. The van der Waals surface area contributed by atoms with Crippen molar-refractivity contribution in [3.05, 3.63) is 29.8 Å². The van der Waals surface area contributed by atoms with Gasteiger partial charge in [-0.2, -0.15) is 0 Å². The van der Waals surface area contributed by atoms with Gasteiger partial charge in [0.25, 0.3) is 0 Å². The van der Waals surface area contributed by atoms with E-state index in [1.54, 1.807) is 0 Å². The van der Waals surface area contributed by atoms with Crippen LogP contribution < -0.4 is 0 Å². The standard InChI is InChI=1S/C14H17NO3S/c1-10-5-2-3-7-12(10)19-9-13(16)15-8-4-6-11(15)14(17)18/h2-3,5,7,11H,4,6,8-9H2,1H3,(H,17,18)/t11-/m0/s1. The van der Waals surface area contributed by atoms with Crippen molar-refractivity contribution in [1.29, 1.82) is 0 Å². The second kappa shape index (κ2) is 6.10. The highest BCUT2D eigenvalue weighted by Gasteiger charge is 2.33. The van der Waals surface area contributed by atoms with Gasteiger partial charge in [-0.25, -0.2) is 4.79 Å². The molecule has 1 N–H and O–H groups in total. The van der Waals surface area contributed by atoms with E-state index in [4.69, 9.17) is 5.11 Å². The third-order valence-electron chi connectivity index (χ3n) is 3.30.